The van der Waals surface area contributed by atoms with Crippen LogP contribution in [-0.4, -0.2) is 14.9 Å². The molecular formula is C11H18N2O. The molecular weight excluding hydrogens is 176 g/mol. The second-order valence-electron chi connectivity index (χ2n) is 4.22. The first kappa shape index (κ1) is 9.71. The van der Waals surface area contributed by atoms with E-state index < -0.39 is 6.10 Å². The molecule has 1 atom stereocenters. The number of nitrogens with zero attached hydrogens (tertiary/aromatic N) is 2. The Morgan fingerprint density at radius 3 is 2.71 bits per heavy atom. The normalized spacial score (nSPS) is 21.0. The third-order valence-corrected chi connectivity index (χ3v) is 3.05. The first-order chi connectivity index (χ1) is 6.77. The molecule has 14 heavy (non-hydrogen) atoms. The Balaban J connectivity index is 2.07. The number of aromatic nitrogens is 2. The minimum atomic E-state index is -0.396. The third kappa shape index (κ3) is 1.98. The Kier molecular flexibility index (Phi) is 2.87. The van der Waals surface area contributed by atoms with Crippen molar-refractivity contribution < 1.29 is 5.11 Å². The van der Waals surface area contributed by atoms with Gasteiger partial charge in [-0.1, -0.05) is 19.3 Å². The Morgan fingerprint density at radius 2 is 2.14 bits per heavy atom. The standard InChI is InChI=1S/C11H18N2O/c1-9(14)10-7-12-13(8-10)11-5-3-2-4-6-11/h7-9,11,14H,2-6H2,1H3. The zero-order chi connectivity index (χ0) is 9.97. The minimum Gasteiger partial charge on any atom is -0.389 e. The summed E-state index contributed by atoms with van der Waals surface area (Å²) >= 11 is 0. The Hall–Kier alpha value is -0.830. The van der Waals surface area contributed by atoms with Gasteiger partial charge in [0.1, 0.15) is 0 Å². The second-order valence-corrected chi connectivity index (χ2v) is 4.22. The fourth-order valence-electron chi connectivity index (χ4n) is 2.11. The van der Waals surface area contributed by atoms with Crippen LogP contribution in [0.25, 0.3) is 0 Å². The van der Waals surface area contributed by atoms with Crippen molar-refractivity contribution in [3.8, 4) is 0 Å². The summed E-state index contributed by atoms with van der Waals surface area (Å²) in [6.07, 6.45) is 9.83. The maximum absolute atomic E-state index is 9.38. The number of hydrogen-bond acceptors (Lipinski definition) is 2. The lowest BCUT2D eigenvalue weighted by atomic mass is 9.96. The van der Waals surface area contributed by atoms with Crippen LogP contribution in [0.2, 0.25) is 0 Å². The van der Waals surface area contributed by atoms with E-state index in [9.17, 15) is 5.11 Å². The zero-order valence-electron chi connectivity index (χ0n) is 8.69. The van der Waals surface area contributed by atoms with Crippen LogP contribution in [0.3, 0.4) is 0 Å². The molecule has 0 amide bonds. The maximum Gasteiger partial charge on any atom is 0.0792 e. The molecule has 3 heteroatoms. The van der Waals surface area contributed by atoms with Crippen molar-refractivity contribution in [2.45, 2.75) is 51.2 Å². The van der Waals surface area contributed by atoms with Gasteiger partial charge in [-0.15, -0.1) is 0 Å². The summed E-state index contributed by atoms with van der Waals surface area (Å²) in [4.78, 5) is 0. The molecule has 78 valence electrons. The van der Waals surface area contributed by atoms with Gasteiger partial charge in [0.2, 0.25) is 0 Å². The molecule has 0 radical (unpaired) electrons. The van der Waals surface area contributed by atoms with Crippen molar-refractivity contribution in [3.05, 3.63) is 18.0 Å². The summed E-state index contributed by atoms with van der Waals surface area (Å²) in [5, 5.41) is 13.7. The van der Waals surface area contributed by atoms with Crippen molar-refractivity contribution >= 4 is 0 Å². The molecule has 1 aliphatic rings. The monoisotopic (exact) mass is 194 g/mol. The van der Waals surface area contributed by atoms with E-state index in [1.807, 2.05) is 10.9 Å². The lowest BCUT2D eigenvalue weighted by molar-refractivity contribution is 0.199. The Bertz CT molecular complexity index is 287. The van der Waals surface area contributed by atoms with Crippen LogP contribution >= 0.6 is 0 Å². The van der Waals surface area contributed by atoms with Gasteiger partial charge in [-0.2, -0.15) is 5.10 Å². The van der Waals surface area contributed by atoms with Crippen molar-refractivity contribution in [3.63, 3.8) is 0 Å². The van der Waals surface area contributed by atoms with Crippen molar-refractivity contribution in [1.82, 2.24) is 9.78 Å². The molecule has 0 saturated heterocycles. The largest absolute Gasteiger partial charge is 0.389 e. The molecule has 2 rings (SSSR count). The van der Waals surface area contributed by atoms with E-state index in [4.69, 9.17) is 0 Å². The summed E-state index contributed by atoms with van der Waals surface area (Å²) in [6, 6.07) is 0.566. The predicted molar refractivity (Wildman–Crippen MR) is 55.0 cm³/mol. The summed E-state index contributed by atoms with van der Waals surface area (Å²) in [6.45, 7) is 1.78. The van der Waals surface area contributed by atoms with Gasteiger partial charge >= 0.3 is 0 Å². The average Bonchev–Trinajstić information content (AvgIpc) is 2.68. The van der Waals surface area contributed by atoms with Crippen LogP contribution in [-0.2, 0) is 0 Å². The van der Waals surface area contributed by atoms with Gasteiger partial charge in [0.05, 0.1) is 18.3 Å². The van der Waals surface area contributed by atoms with E-state index >= 15 is 0 Å². The number of hydrogen-bond donors (Lipinski definition) is 1. The highest BCUT2D eigenvalue weighted by molar-refractivity contribution is 5.07. The molecule has 0 bridgehead atoms. The SMILES string of the molecule is CC(O)c1cnn(C2CCCCC2)c1. The summed E-state index contributed by atoms with van der Waals surface area (Å²) < 4.78 is 2.03. The van der Waals surface area contributed by atoms with E-state index in [-0.39, 0.29) is 0 Å². The van der Waals surface area contributed by atoms with E-state index in [0.717, 1.165) is 5.56 Å². The van der Waals surface area contributed by atoms with Crippen LogP contribution in [0.1, 0.15) is 56.7 Å². The lowest BCUT2D eigenvalue weighted by Crippen LogP contribution is -2.12. The molecule has 0 aliphatic heterocycles. The minimum absolute atomic E-state index is 0.396. The van der Waals surface area contributed by atoms with Gasteiger partial charge in [-0.25, -0.2) is 0 Å². The van der Waals surface area contributed by atoms with Gasteiger partial charge in [0.15, 0.2) is 0 Å². The smallest absolute Gasteiger partial charge is 0.0792 e. The second kappa shape index (κ2) is 4.13. The number of aliphatic hydroxyl groups excluding tert-OH is 1. The fourth-order valence-corrected chi connectivity index (χ4v) is 2.11. The average molecular weight is 194 g/mol. The van der Waals surface area contributed by atoms with Gasteiger partial charge < -0.3 is 5.11 Å². The van der Waals surface area contributed by atoms with Gasteiger partial charge in [0.25, 0.3) is 0 Å². The quantitative estimate of drug-likeness (QED) is 0.785. The van der Waals surface area contributed by atoms with Crippen LogP contribution in [0.5, 0.6) is 0 Å². The summed E-state index contributed by atoms with van der Waals surface area (Å²) in [5.74, 6) is 0. The van der Waals surface area contributed by atoms with E-state index in [1.165, 1.54) is 32.1 Å². The highest BCUT2D eigenvalue weighted by atomic mass is 16.3. The zero-order valence-corrected chi connectivity index (χ0v) is 8.69. The first-order valence-corrected chi connectivity index (χ1v) is 5.49. The molecule has 0 spiro atoms. The summed E-state index contributed by atoms with van der Waals surface area (Å²) in [7, 11) is 0. The van der Waals surface area contributed by atoms with Crippen LogP contribution in [0, 0.1) is 0 Å². The molecule has 3 nitrogen and oxygen atoms in total. The van der Waals surface area contributed by atoms with Gasteiger partial charge in [0, 0.05) is 11.8 Å². The van der Waals surface area contributed by atoms with Gasteiger partial charge in [-0.3, -0.25) is 4.68 Å². The molecule has 1 unspecified atom stereocenters. The molecule has 1 aromatic heterocycles. The fraction of sp³-hybridized carbons (Fsp3) is 0.727. The predicted octanol–water partition coefficient (Wildman–Crippen LogP) is 2.44. The molecule has 1 aromatic rings. The van der Waals surface area contributed by atoms with Gasteiger partial charge in [-0.05, 0) is 19.8 Å². The first-order valence-electron chi connectivity index (χ1n) is 5.49. The van der Waals surface area contributed by atoms with Crippen LogP contribution in [0.4, 0.5) is 0 Å². The molecule has 1 aliphatic carbocycles. The lowest BCUT2D eigenvalue weighted by Gasteiger charge is -2.21. The highest BCUT2D eigenvalue weighted by Crippen LogP contribution is 2.28. The topological polar surface area (TPSA) is 38.1 Å². The van der Waals surface area contributed by atoms with Crippen molar-refractivity contribution in [2.75, 3.05) is 0 Å². The molecule has 1 N–H and O–H groups in total. The highest BCUT2D eigenvalue weighted by Gasteiger charge is 2.16. The van der Waals surface area contributed by atoms with E-state index in [1.54, 1.807) is 13.1 Å². The Morgan fingerprint density at radius 1 is 1.43 bits per heavy atom. The summed E-state index contributed by atoms with van der Waals surface area (Å²) in [5.41, 5.74) is 0.926. The number of rotatable bonds is 2. The number of aliphatic hydroxyl groups is 1. The molecule has 1 heterocycles. The van der Waals surface area contributed by atoms with Crippen molar-refractivity contribution in [1.29, 1.82) is 0 Å². The molecule has 1 saturated carbocycles. The maximum atomic E-state index is 9.38. The van der Waals surface area contributed by atoms with Crippen LogP contribution in [0.15, 0.2) is 12.4 Å². The Labute approximate surface area is 84.7 Å². The van der Waals surface area contributed by atoms with Crippen LogP contribution < -0.4 is 0 Å². The van der Waals surface area contributed by atoms with E-state index in [0.29, 0.717) is 6.04 Å². The third-order valence-electron chi connectivity index (χ3n) is 3.05. The molecule has 0 aromatic carbocycles. The molecule has 1 fully saturated rings. The van der Waals surface area contributed by atoms with Crippen molar-refractivity contribution in [2.24, 2.45) is 0 Å². The van der Waals surface area contributed by atoms with E-state index in [2.05, 4.69) is 5.10 Å².